The Bertz CT molecular complexity index is 1440. The Hall–Kier alpha value is -4.27. The summed E-state index contributed by atoms with van der Waals surface area (Å²) in [7, 11) is 1.29. The number of carbonyl (C=O) groups is 1. The van der Waals surface area contributed by atoms with E-state index in [1.807, 2.05) is 6.92 Å². The number of methoxy groups -OCH3 is 1. The second-order valence-electron chi connectivity index (χ2n) is 7.34. The predicted molar refractivity (Wildman–Crippen MR) is 122 cm³/mol. The average molecular weight is 484 g/mol. The van der Waals surface area contributed by atoms with Gasteiger partial charge in [0, 0.05) is 11.6 Å². The molecule has 0 saturated carbocycles. The van der Waals surface area contributed by atoms with E-state index in [1.54, 1.807) is 18.2 Å². The molecule has 0 atom stereocenters. The number of esters is 1. The third kappa shape index (κ3) is 4.84. The van der Waals surface area contributed by atoms with Crippen LogP contribution in [-0.2, 0) is 6.18 Å². The molecule has 0 spiro atoms. The van der Waals surface area contributed by atoms with Crippen molar-refractivity contribution in [2.75, 3.05) is 13.7 Å². The van der Waals surface area contributed by atoms with Gasteiger partial charge in [-0.05, 0) is 49.4 Å². The molecule has 4 rings (SSSR count). The summed E-state index contributed by atoms with van der Waals surface area (Å²) in [6.45, 7) is 2.29. The Kier molecular flexibility index (Phi) is 6.50. The van der Waals surface area contributed by atoms with Gasteiger partial charge >= 0.3 is 12.1 Å². The van der Waals surface area contributed by atoms with Crippen LogP contribution < -0.4 is 19.6 Å². The van der Waals surface area contributed by atoms with Crippen molar-refractivity contribution < 1.29 is 36.6 Å². The van der Waals surface area contributed by atoms with Crippen LogP contribution in [0.2, 0.25) is 0 Å². The van der Waals surface area contributed by atoms with Crippen molar-refractivity contribution in [2.24, 2.45) is 0 Å². The molecule has 0 aliphatic carbocycles. The quantitative estimate of drug-likeness (QED) is 0.243. The van der Waals surface area contributed by atoms with E-state index in [2.05, 4.69) is 0 Å². The number of hydrogen-bond donors (Lipinski definition) is 0. The number of rotatable bonds is 6. The van der Waals surface area contributed by atoms with Crippen LogP contribution in [-0.4, -0.2) is 19.7 Å². The molecule has 0 aliphatic rings. The van der Waals surface area contributed by atoms with Crippen molar-refractivity contribution in [2.45, 2.75) is 13.1 Å². The van der Waals surface area contributed by atoms with Crippen LogP contribution in [0.1, 0.15) is 23.0 Å². The van der Waals surface area contributed by atoms with Crippen molar-refractivity contribution in [3.63, 3.8) is 0 Å². The third-order valence-corrected chi connectivity index (χ3v) is 5.11. The Labute approximate surface area is 197 Å². The van der Waals surface area contributed by atoms with E-state index in [0.29, 0.717) is 12.4 Å². The smallest absolute Gasteiger partial charge is 0.450 e. The summed E-state index contributed by atoms with van der Waals surface area (Å²) >= 11 is 0. The lowest BCUT2D eigenvalue weighted by molar-refractivity contribution is -0.152. The minimum Gasteiger partial charge on any atom is -0.496 e. The van der Waals surface area contributed by atoms with Crippen molar-refractivity contribution in [3.8, 4) is 28.4 Å². The first-order chi connectivity index (χ1) is 16.7. The Morgan fingerprint density at radius 3 is 2.31 bits per heavy atom. The first-order valence-electron chi connectivity index (χ1n) is 10.5. The van der Waals surface area contributed by atoms with Gasteiger partial charge in [-0.1, -0.05) is 18.2 Å². The lowest BCUT2D eigenvalue weighted by atomic mass is 10.0. The Morgan fingerprint density at radius 1 is 0.971 bits per heavy atom. The summed E-state index contributed by atoms with van der Waals surface area (Å²) in [5.74, 6) is -1.64. The molecule has 0 amide bonds. The Balaban J connectivity index is 1.77. The number of halogens is 3. The van der Waals surface area contributed by atoms with E-state index >= 15 is 0 Å². The number of alkyl halides is 3. The molecule has 0 N–H and O–H groups in total. The number of hydrogen-bond acceptors (Lipinski definition) is 6. The fraction of sp³-hybridized carbons (Fsp3) is 0.154. The van der Waals surface area contributed by atoms with Gasteiger partial charge in [0.05, 0.1) is 30.2 Å². The summed E-state index contributed by atoms with van der Waals surface area (Å²) in [5, 5.41) is -0.111. The molecule has 0 bridgehead atoms. The highest BCUT2D eigenvalue weighted by atomic mass is 19.4. The average Bonchev–Trinajstić information content (AvgIpc) is 2.84. The highest BCUT2D eigenvalue weighted by Gasteiger charge is 2.40. The molecule has 0 saturated heterocycles. The van der Waals surface area contributed by atoms with E-state index in [0.717, 1.165) is 6.07 Å². The van der Waals surface area contributed by atoms with Crippen LogP contribution in [0, 0.1) is 0 Å². The van der Waals surface area contributed by atoms with E-state index in [1.165, 1.54) is 49.6 Å². The van der Waals surface area contributed by atoms with Gasteiger partial charge in [-0.3, -0.25) is 4.79 Å². The van der Waals surface area contributed by atoms with E-state index in [9.17, 15) is 22.8 Å². The summed E-state index contributed by atoms with van der Waals surface area (Å²) in [6.07, 6.45) is -4.97. The lowest BCUT2D eigenvalue weighted by Crippen LogP contribution is -2.16. The van der Waals surface area contributed by atoms with Crippen LogP contribution in [0.15, 0.2) is 75.9 Å². The SMILES string of the molecule is CCOc1ccc(C(=O)Oc2ccc3c(=O)c(-c4ccccc4OC)c(C(F)(F)F)oc3c2)cc1. The first-order valence-corrected chi connectivity index (χ1v) is 10.5. The molecule has 180 valence electrons. The monoisotopic (exact) mass is 484 g/mol. The van der Waals surface area contributed by atoms with Crippen molar-refractivity contribution in [1.82, 2.24) is 0 Å². The fourth-order valence-electron chi connectivity index (χ4n) is 3.55. The van der Waals surface area contributed by atoms with Crippen molar-refractivity contribution in [3.05, 3.63) is 88.3 Å². The van der Waals surface area contributed by atoms with Gasteiger partial charge in [0.1, 0.15) is 22.8 Å². The molecule has 0 radical (unpaired) electrons. The highest BCUT2D eigenvalue weighted by molar-refractivity contribution is 5.92. The number of carbonyl (C=O) groups excluding carboxylic acids is 1. The molecular weight excluding hydrogens is 465 g/mol. The maximum Gasteiger partial charge on any atom is 0.450 e. The van der Waals surface area contributed by atoms with Crippen molar-refractivity contribution >= 4 is 16.9 Å². The van der Waals surface area contributed by atoms with Gasteiger partial charge in [0.15, 0.2) is 0 Å². The van der Waals surface area contributed by atoms with Gasteiger partial charge in [-0.2, -0.15) is 13.2 Å². The predicted octanol–water partition coefficient (Wildman–Crippen LogP) is 6.11. The van der Waals surface area contributed by atoms with Crippen molar-refractivity contribution in [1.29, 1.82) is 0 Å². The van der Waals surface area contributed by atoms with Gasteiger partial charge < -0.3 is 18.6 Å². The maximum absolute atomic E-state index is 13.9. The van der Waals surface area contributed by atoms with Gasteiger partial charge in [0.2, 0.25) is 11.2 Å². The molecule has 1 heterocycles. The van der Waals surface area contributed by atoms with Crippen LogP contribution in [0.3, 0.4) is 0 Å². The zero-order valence-corrected chi connectivity index (χ0v) is 18.6. The molecule has 0 fully saturated rings. The second-order valence-corrected chi connectivity index (χ2v) is 7.34. The van der Waals surface area contributed by atoms with Gasteiger partial charge in [-0.15, -0.1) is 0 Å². The topological polar surface area (TPSA) is 75.0 Å². The molecule has 0 aliphatic heterocycles. The minimum absolute atomic E-state index is 0.0519. The zero-order valence-electron chi connectivity index (χ0n) is 18.6. The third-order valence-electron chi connectivity index (χ3n) is 5.11. The molecule has 4 aromatic rings. The first kappa shape index (κ1) is 23.9. The number of ether oxygens (including phenoxy) is 3. The number of benzene rings is 3. The van der Waals surface area contributed by atoms with E-state index < -0.39 is 28.9 Å². The summed E-state index contributed by atoms with van der Waals surface area (Å²) in [6, 6.07) is 15.7. The van der Waals surface area contributed by atoms with E-state index in [-0.39, 0.29) is 33.6 Å². The number of fused-ring (bicyclic) bond motifs is 1. The molecule has 35 heavy (non-hydrogen) atoms. The largest absolute Gasteiger partial charge is 0.496 e. The Morgan fingerprint density at radius 2 is 1.66 bits per heavy atom. The van der Waals surface area contributed by atoms with Crippen LogP contribution in [0.5, 0.6) is 17.2 Å². The zero-order chi connectivity index (χ0) is 25.2. The fourth-order valence-corrected chi connectivity index (χ4v) is 3.55. The normalized spacial score (nSPS) is 11.3. The van der Waals surface area contributed by atoms with E-state index in [4.69, 9.17) is 18.6 Å². The van der Waals surface area contributed by atoms with Crippen LogP contribution in [0.25, 0.3) is 22.1 Å². The maximum atomic E-state index is 13.9. The summed E-state index contributed by atoms with van der Waals surface area (Å²) < 4.78 is 62.7. The summed E-state index contributed by atoms with van der Waals surface area (Å²) in [4.78, 5) is 25.6. The standard InChI is InChI=1S/C26H19F3O6/c1-3-33-16-10-8-15(9-11-16)25(31)34-17-12-13-19-21(14-17)35-24(26(27,28)29)22(23(19)30)18-6-4-5-7-20(18)32-2/h4-14H,3H2,1-2H3. The molecule has 9 heteroatoms. The molecule has 1 aromatic heterocycles. The molecule has 3 aromatic carbocycles. The minimum atomic E-state index is -4.97. The highest BCUT2D eigenvalue weighted by Crippen LogP contribution is 2.40. The summed E-state index contributed by atoms with van der Waals surface area (Å²) in [5.41, 5.74) is -1.78. The molecule has 0 unspecified atom stereocenters. The number of para-hydroxylation sites is 1. The van der Waals surface area contributed by atoms with Crippen LogP contribution >= 0.6 is 0 Å². The van der Waals surface area contributed by atoms with Gasteiger partial charge in [0.25, 0.3) is 0 Å². The lowest BCUT2D eigenvalue weighted by Gasteiger charge is -2.15. The second kappa shape index (κ2) is 9.54. The molecule has 6 nitrogen and oxygen atoms in total. The van der Waals surface area contributed by atoms with Gasteiger partial charge in [-0.25, -0.2) is 4.79 Å². The van der Waals surface area contributed by atoms with Crippen LogP contribution in [0.4, 0.5) is 13.2 Å². The molecular formula is C26H19F3O6.